The van der Waals surface area contributed by atoms with E-state index in [1.54, 1.807) is 0 Å². The number of hydrogen-bond acceptors (Lipinski definition) is 3. The van der Waals surface area contributed by atoms with Crippen molar-refractivity contribution in [2.45, 2.75) is 0 Å². The summed E-state index contributed by atoms with van der Waals surface area (Å²) in [6.07, 6.45) is 7.10. The van der Waals surface area contributed by atoms with Crippen molar-refractivity contribution >= 4 is 5.91 Å². The van der Waals surface area contributed by atoms with E-state index in [2.05, 4.69) is 15.7 Å². The number of carbonyl (C=O) groups excluding carboxylic acids is 1. The SMILES string of the molecule is C#CCONC(=O)c1cncc(F)c1. The number of carbonyl (C=O) groups is 1. The second-order valence-electron chi connectivity index (χ2n) is 2.32. The topological polar surface area (TPSA) is 51.2 Å². The molecule has 72 valence electrons. The van der Waals surface area contributed by atoms with E-state index in [1.807, 2.05) is 5.48 Å². The zero-order valence-electron chi connectivity index (χ0n) is 7.16. The maximum absolute atomic E-state index is 12.6. The van der Waals surface area contributed by atoms with Crippen LogP contribution in [0.2, 0.25) is 0 Å². The van der Waals surface area contributed by atoms with Gasteiger partial charge in [-0.05, 0) is 6.07 Å². The average molecular weight is 194 g/mol. The highest BCUT2D eigenvalue weighted by molar-refractivity contribution is 5.93. The fourth-order valence-electron chi connectivity index (χ4n) is 0.738. The van der Waals surface area contributed by atoms with Crippen LogP contribution >= 0.6 is 0 Å². The van der Waals surface area contributed by atoms with Gasteiger partial charge in [0.15, 0.2) is 0 Å². The number of pyridine rings is 1. The summed E-state index contributed by atoms with van der Waals surface area (Å²) in [7, 11) is 0. The Bertz CT molecular complexity index is 373. The summed E-state index contributed by atoms with van der Waals surface area (Å²) >= 11 is 0. The summed E-state index contributed by atoms with van der Waals surface area (Å²) in [6, 6.07) is 1.04. The van der Waals surface area contributed by atoms with Gasteiger partial charge in [-0.3, -0.25) is 14.6 Å². The first-order valence-electron chi connectivity index (χ1n) is 3.70. The maximum Gasteiger partial charge on any atom is 0.276 e. The first-order valence-corrected chi connectivity index (χ1v) is 3.70. The molecule has 0 radical (unpaired) electrons. The highest BCUT2D eigenvalue weighted by atomic mass is 19.1. The van der Waals surface area contributed by atoms with Crippen LogP contribution in [0.15, 0.2) is 18.5 Å². The van der Waals surface area contributed by atoms with Crippen LogP contribution in [0.5, 0.6) is 0 Å². The van der Waals surface area contributed by atoms with Crippen LogP contribution in [0.4, 0.5) is 4.39 Å². The number of hydrogen-bond donors (Lipinski definition) is 1. The predicted molar refractivity (Wildman–Crippen MR) is 46.4 cm³/mol. The van der Waals surface area contributed by atoms with Gasteiger partial charge in [0.25, 0.3) is 5.91 Å². The normalized spacial score (nSPS) is 9.14. The molecular formula is C9H7FN2O2. The molecule has 0 saturated heterocycles. The molecule has 1 aromatic heterocycles. The van der Waals surface area contributed by atoms with Crippen LogP contribution in [-0.2, 0) is 4.84 Å². The van der Waals surface area contributed by atoms with Gasteiger partial charge in [0.2, 0.25) is 0 Å². The minimum absolute atomic E-state index is 0.0471. The van der Waals surface area contributed by atoms with Crippen molar-refractivity contribution in [3.63, 3.8) is 0 Å². The summed E-state index contributed by atoms with van der Waals surface area (Å²) in [5.74, 6) is 0.980. The van der Waals surface area contributed by atoms with E-state index in [4.69, 9.17) is 6.42 Å². The van der Waals surface area contributed by atoms with E-state index in [1.165, 1.54) is 6.20 Å². The quantitative estimate of drug-likeness (QED) is 0.433. The molecule has 0 aliphatic heterocycles. The number of hydroxylamine groups is 1. The molecule has 4 nitrogen and oxygen atoms in total. The molecule has 0 unspecified atom stereocenters. The van der Waals surface area contributed by atoms with Gasteiger partial charge in [-0.25, -0.2) is 9.87 Å². The van der Waals surface area contributed by atoms with E-state index >= 15 is 0 Å². The number of aromatic nitrogens is 1. The highest BCUT2D eigenvalue weighted by Gasteiger charge is 2.05. The lowest BCUT2D eigenvalue weighted by Crippen LogP contribution is -2.24. The van der Waals surface area contributed by atoms with Gasteiger partial charge in [-0.15, -0.1) is 6.42 Å². The number of amides is 1. The smallest absolute Gasteiger partial charge is 0.267 e. The molecule has 5 heteroatoms. The van der Waals surface area contributed by atoms with Crippen molar-refractivity contribution in [2.75, 3.05) is 6.61 Å². The average Bonchev–Trinajstić information content (AvgIpc) is 2.18. The van der Waals surface area contributed by atoms with Crippen LogP contribution in [0.1, 0.15) is 10.4 Å². The molecule has 0 aliphatic rings. The molecule has 0 aromatic carbocycles. The third kappa shape index (κ3) is 2.84. The molecule has 1 aromatic rings. The van der Waals surface area contributed by atoms with Gasteiger partial charge in [-0.1, -0.05) is 5.92 Å². The van der Waals surface area contributed by atoms with Gasteiger partial charge in [0, 0.05) is 6.20 Å². The molecule has 1 N–H and O–H groups in total. The maximum atomic E-state index is 12.6. The summed E-state index contributed by atoms with van der Waals surface area (Å²) in [4.78, 5) is 19.2. The van der Waals surface area contributed by atoms with Crippen molar-refractivity contribution in [1.82, 2.24) is 10.5 Å². The third-order valence-electron chi connectivity index (χ3n) is 1.29. The Hall–Kier alpha value is -1.93. The third-order valence-corrected chi connectivity index (χ3v) is 1.29. The number of rotatable bonds is 3. The van der Waals surface area contributed by atoms with E-state index in [-0.39, 0.29) is 12.2 Å². The first-order chi connectivity index (χ1) is 6.74. The van der Waals surface area contributed by atoms with Crippen molar-refractivity contribution in [3.8, 4) is 12.3 Å². The summed E-state index contributed by atoms with van der Waals surface area (Å²) < 4.78 is 12.6. The molecule has 0 atom stereocenters. The van der Waals surface area contributed by atoms with E-state index in [9.17, 15) is 9.18 Å². The van der Waals surface area contributed by atoms with Crippen LogP contribution in [0, 0.1) is 18.2 Å². The van der Waals surface area contributed by atoms with Crippen molar-refractivity contribution in [2.24, 2.45) is 0 Å². The van der Waals surface area contributed by atoms with Crippen LogP contribution in [0.3, 0.4) is 0 Å². The molecule has 1 heterocycles. The Morgan fingerprint density at radius 1 is 1.71 bits per heavy atom. The number of nitrogens with one attached hydrogen (secondary N) is 1. The Balaban J connectivity index is 2.57. The minimum Gasteiger partial charge on any atom is -0.267 e. The fourth-order valence-corrected chi connectivity index (χ4v) is 0.738. The molecule has 0 aliphatic carbocycles. The van der Waals surface area contributed by atoms with Gasteiger partial charge in [0.05, 0.1) is 11.8 Å². The Labute approximate surface area is 80.1 Å². The second kappa shape index (κ2) is 4.94. The number of nitrogens with zero attached hydrogens (tertiary/aromatic N) is 1. The largest absolute Gasteiger partial charge is 0.276 e. The first kappa shape index (κ1) is 10.2. The number of halogens is 1. The zero-order valence-corrected chi connectivity index (χ0v) is 7.16. The predicted octanol–water partition coefficient (Wildman–Crippen LogP) is 0.515. The molecule has 1 rings (SSSR count). The van der Waals surface area contributed by atoms with E-state index in [0.29, 0.717) is 0 Å². The van der Waals surface area contributed by atoms with Gasteiger partial charge in [-0.2, -0.15) is 0 Å². The van der Waals surface area contributed by atoms with Crippen molar-refractivity contribution in [3.05, 3.63) is 29.8 Å². The van der Waals surface area contributed by atoms with E-state index in [0.717, 1.165) is 12.3 Å². The van der Waals surface area contributed by atoms with Crippen molar-refractivity contribution < 1.29 is 14.0 Å². The van der Waals surface area contributed by atoms with E-state index < -0.39 is 11.7 Å². The van der Waals surface area contributed by atoms with Gasteiger partial charge < -0.3 is 0 Å². The lowest BCUT2D eigenvalue weighted by atomic mass is 10.3. The molecule has 0 fully saturated rings. The lowest BCUT2D eigenvalue weighted by Gasteiger charge is -2.02. The Kier molecular flexibility index (Phi) is 3.58. The number of terminal acetylenes is 1. The van der Waals surface area contributed by atoms with Gasteiger partial charge >= 0.3 is 0 Å². The van der Waals surface area contributed by atoms with Gasteiger partial charge in [0.1, 0.15) is 12.4 Å². The zero-order chi connectivity index (χ0) is 10.4. The van der Waals surface area contributed by atoms with Crippen LogP contribution in [-0.4, -0.2) is 17.5 Å². The molecular weight excluding hydrogens is 187 g/mol. The Morgan fingerprint density at radius 3 is 3.14 bits per heavy atom. The highest BCUT2D eigenvalue weighted by Crippen LogP contribution is 1.99. The molecule has 0 saturated carbocycles. The lowest BCUT2D eigenvalue weighted by molar-refractivity contribution is 0.0437. The summed E-state index contributed by atoms with van der Waals surface area (Å²) in [5, 5.41) is 0. The second-order valence-corrected chi connectivity index (χ2v) is 2.32. The van der Waals surface area contributed by atoms with Crippen LogP contribution < -0.4 is 5.48 Å². The molecule has 0 spiro atoms. The summed E-state index contributed by atoms with van der Waals surface area (Å²) in [6.45, 7) is -0.0471. The fraction of sp³-hybridized carbons (Fsp3) is 0.111. The van der Waals surface area contributed by atoms with Crippen LogP contribution in [0.25, 0.3) is 0 Å². The summed E-state index contributed by atoms with van der Waals surface area (Å²) in [5.41, 5.74) is 2.11. The molecule has 1 amide bonds. The Morgan fingerprint density at radius 2 is 2.50 bits per heavy atom. The molecule has 0 bridgehead atoms. The monoisotopic (exact) mass is 194 g/mol. The molecule has 14 heavy (non-hydrogen) atoms. The van der Waals surface area contributed by atoms with Crippen molar-refractivity contribution in [1.29, 1.82) is 0 Å². The minimum atomic E-state index is -0.591. The standard InChI is InChI=1S/C9H7FN2O2/c1-2-3-14-12-9(13)7-4-8(10)6-11-5-7/h1,4-6H,3H2,(H,12,13).